The fourth-order valence-corrected chi connectivity index (χ4v) is 2.79. The number of piperidine rings is 1. The Balaban J connectivity index is 1.81. The Morgan fingerprint density at radius 3 is 2.65 bits per heavy atom. The number of benzene rings is 1. The highest BCUT2D eigenvalue weighted by Gasteiger charge is 2.21. The van der Waals surface area contributed by atoms with Gasteiger partial charge >= 0.3 is 0 Å². The van der Waals surface area contributed by atoms with Crippen LogP contribution in [0.4, 0.5) is 0 Å². The molecule has 20 heavy (non-hydrogen) atoms. The van der Waals surface area contributed by atoms with E-state index in [4.69, 9.17) is 0 Å². The van der Waals surface area contributed by atoms with Gasteiger partial charge in [-0.3, -0.25) is 4.79 Å². The van der Waals surface area contributed by atoms with E-state index >= 15 is 0 Å². The van der Waals surface area contributed by atoms with Gasteiger partial charge < -0.3 is 10.2 Å². The van der Waals surface area contributed by atoms with Crippen molar-refractivity contribution < 1.29 is 4.79 Å². The quantitative estimate of drug-likeness (QED) is 0.894. The van der Waals surface area contributed by atoms with E-state index < -0.39 is 0 Å². The SMILES string of the molecule is CCc1ccc(CCC(=O)N2CCCC(NC)C2)cc1. The van der Waals surface area contributed by atoms with E-state index in [1.807, 2.05) is 11.9 Å². The van der Waals surface area contributed by atoms with E-state index in [0.29, 0.717) is 18.4 Å². The minimum absolute atomic E-state index is 0.296. The first-order valence-electron chi connectivity index (χ1n) is 7.75. The molecule has 1 aromatic carbocycles. The van der Waals surface area contributed by atoms with Gasteiger partial charge in [-0.15, -0.1) is 0 Å². The van der Waals surface area contributed by atoms with E-state index in [9.17, 15) is 4.79 Å². The molecule has 0 radical (unpaired) electrons. The third-order valence-electron chi connectivity index (χ3n) is 4.24. The maximum absolute atomic E-state index is 12.3. The largest absolute Gasteiger partial charge is 0.341 e. The summed E-state index contributed by atoms with van der Waals surface area (Å²) in [7, 11) is 1.98. The van der Waals surface area contributed by atoms with Gasteiger partial charge in [0.25, 0.3) is 0 Å². The fourth-order valence-electron chi connectivity index (χ4n) is 2.79. The first-order valence-corrected chi connectivity index (χ1v) is 7.75. The van der Waals surface area contributed by atoms with Gasteiger partial charge in [0.1, 0.15) is 0 Å². The van der Waals surface area contributed by atoms with Crippen LogP contribution in [0.15, 0.2) is 24.3 Å². The average Bonchev–Trinajstić information content (AvgIpc) is 2.53. The summed E-state index contributed by atoms with van der Waals surface area (Å²) in [5, 5.41) is 3.28. The van der Waals surface area contributed by atoms with Gasteiger partial charge in [0.2, 0.25) is 5.91 Å². The summed E-state index contributed by atoms with van der Waals surface area (Å²) in [5.41, 5.74) is 2.62. The zero-order chi connectivity index (χ0) is 14.4. The van der Waals surface area contributed by atoms with Crippen LogP contribution in [0.3, 0.4) is 0 Å². The van der Waals surface area contributed by atoms with Crippen LogP contribution in [0.5, 0.6) is 0 Å². The van der Waals surface area contributed by atoms with E-state index in [1.54, 1.807) is 0 Å². The van der Waals surface area contributed by atoms with Crippen LogP contribution < -0.4 is 5.32 Å². The zero-order valence-electron chi connectivity index (χ0n) is 12.7. The molecule has 1 aliphatic heterocycles. The molecular formula is C17H26N2O. The number of likely N-dealkylation sites (N-methyl/N-ethyl adjacent to an activating group) is 1. The highest BCUT2D eigenvalue weighted by atomic mass is 16.2. The lowest BCUT2D eigenvalue weighted by Crippen LogP contribution is -2.47. The molecule has 1 amide bonds. The Morgan fingerprint density at radius 1 is 1.30 bits per heavy atom. The van der Waals surface area contributed by atoms with Crippen molar-refractivity contribution in [3.63, 3.8) is 0 Å². The van der Waals surface area contributed by atoms with Crippen molar-refractivity contribution in [2.45, 2.75) is 45.1 Å². The van der Waals surface area contributed by atoms with Crippen molar-refractivity contribution in [1.82, 2.24) is 10.2 Å². The van der Waals surface area contributed by atoms with Crippen LogP contribution in [-0.2, 0) is 17.6 Å². The van der Waals surface area contributed by atoms with Crippen LogP contribution >= 0.6 is 0 Å². The summed E-state index contributed by atoms with van der Waals surface area (Å²) in [4.78, 5) is 14.3. The maximum atomic E-state index is 12.3. The van der Waals surface area contributed by atoms with E-state index in [-0.39, 0.29) is 0 Å². The second-order valence-corrected chi connectivity index (χ2v) is 5.64. The number of aryl methyl sites for hydroxylation is 2. The Bertz CT molecular complexity index is 427. The summed E-state index contributed by atoms with van der Waals surface area (Å²) < 4.78 is 0. The van der Waals surface area contributed by atoms with Crippen molar-refractivity contribution in [1.29, 1.82) is 0 Å². The summed E-state index contributed by atoms with van der Waals surface area (Å²) in [6.45, 7) is 3.95. The van der Waals surface area contributed by atoms with Crippen molar-refractivity contribution in [3.8, 4) is 0 Å². The predicted molar refractivity (Wildman–Crippen MR) is 82.8 cm³/mol. The van der Waals surface area contributed by atoms with Crippen LogP contribution in [0.25, 0.3) is 0 Å². The molecule has 0 saturated carbocycles. The van der Waals surface area contributed by atoms with E-state index in [0.717, 1.165) is 32.4 Å². The molecular weight excluding hydrogens is 248 g/mol. The van der Waals surface area contributed by atoms with Crippen molar-refractivity contribution in [3.05, 3.63) is 35.4 Å². The Kier molecular flexibility index (Phi) is 5.60. The molecule has 1 heterocycles. The van der Waals surface area contributed by atoms with Crippen LogP contribution in [-0.4, -0.2) is 37.0 Å². The van der Waals surface area contributed by atoms with Crippen LogP contribution in [0.1, 0.15) is 37.3 Å². The molecule has 2 rings (SSSR count). The van der Waals surface area contributed by atoms with Gasteiger partial charge in [-0.25, -0.2) is 0 Å². The number of amides is 1. The van der Waals surface area contributed by atoms with Gasteiger partial charge in [-0.05, 0) is 43.9 Å². The molecule has 1 fully saturated rings. The minimum Gasteiger partial charge on any atom is -0.341 e. The third kappa shape index (κ3) is 4.07. The Morgan fingerprint density at radius 2 is 2.00 bits per heavy atom. The molecule has 1 aromatic rings. The molecule has 0 aliphatic carbocycles. The standard InChI is InChI=1S/C17H26N2O/c1-3-14-6-8-15(9-7-14)10-11-17(20)19-12-4-5-16(13-19)18-2/h6-9,16,18H,3-5,10-13H2,1-2H3. The second kappa shape index (κ2) is 7.44. The van der Waals surface area contributed by atoms with Crippen LogP contribution in [0.2, 0.25) is 0 Å². The topological polar surface area (TPSA) is 32.3 Å². The van der Waals surface area contributed by atoms with Crippen molar-refractivity contribution >= 4 is 5.91 Å². The summed E-state index contributed by atoms with van der Waals surface area (Å²) in [5.74, 6) is 0.296. The molecule has 1 saturated heterocycles. The number of hydrogen-bond acceptors (Lipinski definition) is 2. The van der Waals surface area contributed by atoms with E-state index in [1.165, 1.54) is 17.5 Å². The molecule has 0 bridgehead atoms. The number of carbonyl (C=O) groups is 1. The Labute approximate surface area is 122 Å². The van der Waals surface area contributed by atoms with Gasteiger partial charge in [0.05, 0.1) is 0 Å². The molecule has 1 atom stereocenters. The summed E-state index contributed by atoms with van der Waals surface area (Å²) in [6, 6.07) is 9.10. The molecule has 0 spiro atoms. The van der Waals surface area contributed by atoms with Crippen molar-refractivity contribution in [2.24, 2.45) is 0 Å². The first-order chi connectivity index (χ1) is 9.72. The lowest BCUT2D eigenvalue weighted by Gasteiger charge is -2.32. The molecule has 3 nitrogen and oxygen atoms in total. The minimum atomic E-state index is 0.296. The van der Waals surface area contributed by atoms with Gasteiger partial charge in [0, 0.05) is 25.6 Å². The highest BCUT2D eigenvalue weighted by molar-refractivity contribution is 5.76. The Hall–Kier alpha value is -1.35. The predicted octanol–water partition coefficient (Wildman–Crippen LogP) is 2.39. The van der Waals surface area contributed by atoms with Gasteiger partial charge in [-0.2, -0.15) is 0 Å². The third-order valence-corrected chi connectivity index (χ3v) is 4.24. The number of likely N-dealkylation sites (tertiary alicyclic amines) is 1. The molecule has 1 unspecified atom stereocenters. The molecule has 3 heteroatoms. The van der Waals surface area contributed by atoms with Gasteiger partial charge in [0.15, 0.2) is 0 Å². The van der Waals surface area contributed by atoms with E-state index in [2.05, 4.69) is 36.5 Å². The number of nitrogens with zero attached hydrogens (tertiary/aromatic N) is 1. The smallest absolute Gasteiger partial charge is 0.222 e. The molecule has 1 aliphatic rings. The van der Waals surface area contributed by atoms with Gasteiger partial charge in [-0.1, -0.05) is 31.2 Å². The molecule has 0 aromatic heterocycles. The molecule has 110 valence electrons. The monoisotopic (exact) mass is 274 g/mol. The summed E-state index contributed by atoms with van der Waals surface area (Å²) >= 11 is 0. The average molecular weight is 274 g/mol. The fraction of sp³-hybridized carbons (Fsp3) is 0.588. The highest BCUT2D eigenvalue weighted by Crippen LogP contribution is 2.13. The number of rotatable bonds is 5. The number of hydrogen-bond donors (Lipinski definition) is 1. The number of nitrogens with one attached hydrogen (secondary N) is 1. The zero-order valence-corrected chi connectivity index (χ0v) is 12.7. The normalized spacial score (nSPS) is 19.1. The second-order valence-electron chi connectivity index (χ2n) is 5.64. The number of carbonyl (C=O) groups excluding carboxylic acids is 1. The van der Waals surface area contributed by atoms with Crippen molar-refractivity contribution in [2.75, 3.05) is 20.1 Å². The first kappa shape index (κ1) is 15.0. The maximum Gasteiger partial charge on any atom is 0.222 e. The lowest BCUT2D eigenvalue weighted by molar-refractivity contribution is -0.132. The van der Waals surface area contributed by atoms with Crippen LogP contribution in [0, 0.1) is 0 Å². The molecule has 1 N–H and O–H groups in total. The lowest BCUT2D eigenvalue weighted by atomic mass is 10.0. The summed E-state index contributed by atoms with van der Waals surface area (Å²) in [6.07, 6.45) is 4.84.